The molecule has 0 aliphatic heterocycles. The van der Waals surface area contributed by atoms with Gasteiger partial charge in [-0.1, -0.05) is 40.9 Å². The van der Waals surface area contributed by atoms with Gasteiger partial charge in [0.05, 0.1) is 5.69 Å². The molecule has 0 saturated heterocycles. The third-order valence-electron chi connectivity index (χ3n) is 3.11. The average molecular weight is 389 g/mol. The first kappa shape index (κ1) is 18.0. The summed E-state index contributed by atoms with van der Waals surface area (Å²) in [7, 11) is 0. The highest BCUT2D eigenvalue weighted by molar-refractivity contribution is 7.18. The molecule has 0 saturated carbocycles. The number of anilines is 2. The Labute approximate surface area is 157 Å². The first-order valence-electron chi connectivity index (χ1n) is 7.58. The van der Waals surface area contributed by atoms with E-state index in [0.29, 0.717) is 26.6 Å². The standard InChI is InChI=1S/C16H15N5O3S2/c1-9-13(14(23)19-16-21-20-10(2)25-16)26-15(17-9)18-12(22)8-24-11-6-4-3-5-7-11/h3-7H,8H2,1-2H3,(H,17,18,22)(H,19,21,23). The van der Waals surface area contributed by atoms with Crippen molar-refractivity contribution in [1.82, 2.24) is 15.2 Å². The number of carbonyl (C=O) groups excluding carboxylic acids is 2. The van der Waals surface area contributed by atoms with Crippen LogP contribution in [-0.4, -0.2) is 33.6 Å². The van der Waals surface area contributed by atoms with Crippen molar-refractivity contribution in [2.75, 3.05) is 17.2 Å². The van der Waals surface area contributed by atoms with Gasteiger partial charge in [-0.2, -0.15) is 0 Å². The molecule has 0 unspecified atom stereocenters. The molecule has 0 spiro atoms. The van der Waals surface area contributed by atoms with Crippen LogP contribution in [0.3, 0.4) is 0 Å². The molecular formula is C16H15N5O3S2. The summed E-state index contributed by atoms with van der Waals surface area (Å²) in [6, 6.07) is 9.03. The number of hydrogen-bond donors (Lipinski definition) is 2. The van der Waals surface area contributed by atoms with E-state index in [-0.39, 0.29) is 18.4 Å². The Kier molecular flexibility index (Phi) is 5.54. The molecule has 26 heavy (non-hydrogen) atoms. The van der Waals surface area contributed by atoms with Crippen molar-refractivity contribution in [3.05, 3.63) is 45.9 Å². The van der Waals surface area contributed by atoms with Gasteiger partial charge in [0.1, 0.15) is 15.6 Å². The number of rotatable bonds is 6. The van der Waals surface area contributed by atoms with E-state index in [2.05, 4.69) is 25.8 Å². The zero-order chi connectivity index (χ0) is 18.5. The number of benzene rings is 1. The van der Waals surface area contributed by atoms with E-state index in [0.717, 1.165) is 16.3 Å². The minimum Gasteiger partial charge on any atom is -0.484 e. The van der Waals surface area contributed by atoms with Crippen LogP contribution in [-0.2, 0) is 4.79 Å². The maximum atomic E-state index is 12.3. The second kappa shape index (κ2) is 8.02. The van der Waals surface area contributed by atoms with Crippen LogP contribution in [0.15, 0.2) is 30.3 Å². The molecule has 1 aromatic carbocycles. The quantitative estimate of drug-likeness (QED) is 0.671. The molecule has 0 atom stereocenters. The summed E-state index contributed by atoms with van der Waals surface area (Å²) < 4.78 is 5.38. The molecule has 2 aromatic heterocycles. The van der Waals surface area contributed by atoms with Crippen LogP contribution < -0.4 is 15.4 Å². The monoisotopic (exact) mass is 389 g/mol. The number of thiazole rings is 1. The van der Waals surface area contributed by atoms with E-state index in [9.17, 15) is 9.59 Å². The molecule has 134 valence electrons. The van der Waals surface area contributed by atoms with Crippen molar-refractivity contribution in [2.24, 2.45) is 0 Å². The lowest BCUT2D eigenvalue weighted by Crippen LogP contribution is -2.20. The van der Waals surface area contributed by atoms with Gasteiger partial charge in [0.15, 0.2) is 11.7 Å². The van der Waals surface area contributed by atoms with Crippen LogP contribution >= 0.6 is 22.7 Å². The second-order valence-electron chi connectivity index (χ2n) is 5.16. The lowest BCUT2D eigenvalue weighted by atomic mass is 10.3. The van der Waals surface area contributed by atoms with Crippen molar-refractivity contribution in [2.45, 2.75) is 13.8 Å². The van der Waals surface area contributed by atoms with Crippen molar-refractivity contribution >= 4 is 44.8 Å². The highest BCUT2D eigenvalue weighted by atomic mass is 32.1. The summed E-state index contributed by atoms with van der Waals surface area (Å²) >= 11 is 2.37. The van der Waals surface area contributed by atoms with Gasteiger partial charge in [0.25, 0.3) is 11.8 Å². The highest BCUT2D eigenvalue weighted by Gasteiger charge is 2.18. The van der Waals surface area contributed by atoms with Crippen LogP contribution in [0.5, 0.6) is 5.75 Å². The summed E-state index contributed by atoms with van der Waals surface area (Å²) in [5.74, 6) is -0.0862. The van der Waals surface area contributed by atoms with Crippen molar-refractivity contribution in [3.8, 4) is 5.75 Å². The Bertz CT molecular complexity index is 923. The van der Waals surface area contributed by atoms with Gasteiger partial charge in [-0.15, -0.1) is 10.2 Å². The van der Waals surface area contributed by atoms with E-state index in [4.69, 9.17) is 4.74 Å². The third kappa shape index (κ3) is 4.61. The van der Waals surface area contributed by atoms with Crippen molar-refractivity contribution in [1.29, 1.82) is 0 Å². The lowest BCUT2D eigenvalue weighted by molar-refractivity contribution is -0.118. The van der Waals surface area contributed by atoms with Gasteiger partial charge in [-0.3, -0.25) is 20.2 Å². The molecular weight excluding hydrogens is 374 g/mol. The van der Waals surface area contributed by atoms with E-state index < -0.39 is 0 Å². The first-order chi connectivity index (χ1) is 12.5. The van der Waals surface area contributed by atoms with E-state index in [1.807, 2.05) is 18.2 Å². The normalized spacial score (nSPS) is 10.4. The number of aromatic nitrogens is 3. The topological polar surface area (TPSA) is 106 Å². The highest BCUT2D eigenvalue weighted by Crippen LogP contribution is 2.24. The zero-order valence-electron chi connectivity index (χ0n) is 14.0. The Morgan fingerprint density at radius 2 is 1.81 bits per heavy atom. The summed E-state index contributed by atoms with van der Waals surface area (Å²) in [5.41, 5.74) is 0.521. The maximum absolute atomic E-state index is 12.3. The molecule has 8 nitrogen and oxygen atoms in total. The third-order valence-corrected chi connectivity index (χ3v) is 4.93. The van der Waals surface area contributed by atoms with Crippen LogP contribution in [0.2, 0.25) is 0 Å². The number of para-hydroxylation sites is 1. The minimum absolute atomic E-state index is 0.145. The molecule has 0 radical (unpaired) electrons. The average Bonchev–Trinajstić information content (AvgIpc) is 3.19. The SMILES string of the molecule is Cc1nnc(NC(=O)c2sc(NC(=O)COc3ccccc3)nc2C)s1. The fourth-order valence-electron chi connectivity index (χ4n) is 1.98. The Morgan fingerprint density at radius 1 is 1.04 bits per heavy atom. The number of aryl methyl sites for hydroxylation is 2. The van der Waals surface area contributed by atoms with Crippen LogP contribution in [0, 0.1) is 13.8 Å². The zero-order valence-corrected chi connectivity index (χ0v) is 15.6. The van der Waals surface area contributed by atoms with Crippen molar-refractivity contribution < 1.29 is 14.3 Å². The van der Waals surface area contributed by atoms with Crippen molar-refractivity contribution in [3.63, 3.8) is 0 Å². The summed E-state index contributed by atoms with van der Waals surface area (Å²) in [4.78, 5) is 28.9. The van der Waals surface area contributed by atoms with E-state index in [1.165, 1.54) is 11.3 Å². The number of ether oxygens (including phenoxy) is 1. The maximum Gasteiger partial charge on any atom is 0.269 e. The molecule has 0 aliphatic rings. The number of nitrogens with zero attached hydrogens (tertiary/aromatic N) is 3. The predicted molar refractivity (Wildman–Crippen MR) is 100 cm³/mol. The lowest BCUT2D eigenvalue weighted by Gasteiger charge is -2.05. The van der Waals surface area contributed by atoms with Gasteiger partial charge >= 0.3 is 0 Å². The number of amides is 2. The number of nitrogens with one attached hydrogen (secondary N) is 2. The Morgan fingerprint density at radius 3 is 2.50 bits per heavy atom. The summed E-state index contributed by atoms with van der Waals surface area (Å²) in [5, 5.41) is 14.5. The first-order valence-corrected chi connectivity index (χ1v) is 9.21. The van der Waals surface area contributed by atoms with Gasteiger partial charge < -0.3 is 4.74 Å². The second-order valence-corrected chi connectivity index (χ2v) is 7.34. The minimum atomic E-state index is -0.352. The van der Waals surface area contributed by atoms with Crippen LogP contribution in [0.4, 0.5) is 10.3 Å². The molecule has 0 aliphatic carbocycles. The summed E-state index contributed by atoms with van der Waals surface area (Å²) in [6.45, 7) is 3.36. The Balaban J connectivity index is 1.58. The molecule has 2 heterocycles. The van der Waals surface area contributed by atoms with E-state index >= 15 is 0 Å². The van der Waals surface area contributed by atoms with Gasteiger partial charge in [-0.05, 0) is 26.0 Å². The molecule has 3 rings (SSSR count). The molecule has 0 bridgehead atoms. The van der Waals surface area contributed by atoms with Gasteiger partial charge in [0.2, 0.25) is 5.13 Å². The van der Waals surface area contributed by atoms with E-state index in [1.54, 1.807) is 26.0 Å². The summed E-state index contributed by atoms with van der Waals surface area (Å²) in [6.07, 6.45) is 0. The molecule has 2 N–H and O–H groups in total. The number of hydrogen-bond acceptors (Lipinski definition) is 8. The predicted octanol–water partition coefficient (Wildman–Crippen LogP) is 2.88. The molecule has 0 fully saturated rings. The molecule has 3 aromatic rings. The van der Waals surface area contributed by atoms with Crippen LogP contribution in [0.25, 0.3) is 0 Å². The van der Waals surface area contributed by atoms with Gasteiger partial charge in [0, 0.05) is 0 Å². The fraction of sp³-hybridized carbons (Fsp3) is 0.188. The van der Waals surface area contributed by atoms with Crippen LogP contribution in [0.1, 0.15) is 20.4 Å². The number of carbonyl (C=O) groups is 2. The smallest absolute Gasteiger partial charge is 0.269 e. The molecule has 10 heteroatoms. The molecule has 2 amide bonds. The largest absolute Gasteiger partial charge is 0.484 e. The van der Waals surface area contributed by atoms with Gasteiger partial charge in [-0.25, -0.2) is 4.98 Å². The fourth-order valence-corrected chi connectivity index (χ4v) is 3.45. The Hall–Kier alpha value is -2.85.